The number of amides is 2. The molecule has 2 amide bonds. The molecular weight excluding hydrogens is 356 g/mol. The number of nitrogens with one attached hydrogen (secondary N) is 1. The number of nitrogens with zero attached hydrogens (tertiary/aromatic N) is 1. The van der Waals surface area contributed by atoms with Crippen molar-refractivity contribution in [2.24, 2.45) is 0 Å². The molecule has 6 heteroatoms. The van der Waals surface area contributed by atoms with Gasteiger partial charge in [0.05, 0.1) is 16.1 Å². The van der Waals surface area contributed by atoms with Crippen LogP contribution < -0.4 is 10.2 Å². The highest BCUT2D eigenvalue weighted by Crippen LogP contribution is 2.24. The number of thiophene rings is 1. The minimum Gasteiger partial charge on any atom is -0.322 e. The molecule has 0 atom stereocenters. The number of anilines is 2. The van der Waals surface area contributed by atoms with E-state index in [1.165, 1.54) is 16.2 Å². The van der Waals surface area contributed by atoms with E-state index in [0.29, 0.717) is 26.8 Å². The minimum atomic E-state index is -0.302. The number of carbonyl (C=O) groups is 2. The maximum absolute atomic E-state index is 12.7. The smallest absolute Gasteiger partial charge is 0.268 e. The van der Waals surface area contributed by atoms with E-state index in [1.807, 2.05) is 11.4 Å². The van der Waals surface area contributed by atoms with Gasteiger partial charge < -0.3 is 10.2 Å². The van der Waals surface area contributed by atoms with Crippen LogP contribution in [0, 0.1) is 0 Å². The van der Waals surface area contributed by atoms with Crippen LogP contribution in [0.15, 0.2) is 66.0 Å². The summed E-state index contributed by atoms with van der Waals surface area (Å²) >= 11 is 7.32. The SMILES string of the molecule is CN(C(=O)c1cccs1)c1ccccc1C(=O)Nc1cccc(Cl)c1. The summed E-state index contributed by atoms with van der Waals surface area (Å²) in [6.07, 6.45) is 0. The van der Waals surface area contributed by atoms with Gasteiger partial charge in [0.2, 0.25) is 0 Å². The second-order valence-corrected chi connectivity index (χ2v) is 6.71. The van der Waals surface area contributed by atoms with Gasteiger partial charge in [-0.05, 0) is 41.8 Å². The van der Waals surface area contributed by atoms with E-state index in [-0.39, 0.29) is 11.8 Å². The maximum atomic E-state index is 12.7. The molecular formula is C19H15ClN2O2S. The summed E-state index contributed by atoms with van der Waals surface area (Å²) < 4.78 is 0. The maximum Gasteiger partial charge on any atom is 0.268 e. The van der Waals surface area contributed by atoms with Crippen molar-refractivity contribution in [2.75, 3.05) is 17.3 Å². The molecule has 0 aliphatic carbocycles. The first-order chi connectivity index (χ1) is 12.1. The van der Waals surface area contributed by atoms with Gasteiger partial charge in [-0.1, -0.05) is 35.9 Å². The van der Waals surface area contributed by atoms with Gasteiger partial charge in [-0.3, -0.25) is 9.59 Å². The van der Waals surface area contributed by atoms with Gasteiger partial charge in [0.25, 0.3) is 11.8 Å². The molecule has 0 saturated heterocycles. The van der Waals surface area contributed by atoms with E-state index in [0.717, 1.165) is 0 Å². The number of para-hydroxylation sites is 1. The summed E-state index contributed by atoms with van der Waals surface area (Å²) in [5, 5.41) is 5.19. The summed E-state index contributed by atoms with van der Waals surface area (Å²) in [5.41, 5.74) is 1.55. The molecule has 1 aromatic heterocycles. The van der Waals surface area contributed by atoms with Crippen LogP contribution >= 0.6 is 22.9 Å². The zero-order valence-electron chi connectivity index (χ0n) is 13.4. The second-order valence-electron chi connectivity index (χ2n) is 5.32. The predicted octanol–water partition coefficient (Wildman–Crippen LogP) is 4.93. The first kappa shape index (κ1) is 17.2. The summed E-state index contributed by atoms with van der Waals surface area (Å²) in [7, 11) is 1.66. The Hall–Kier alpha value is -2.63. The van der Waals surface area contributed by atoms with E-state index in [4.69, 9.17) is 11.6 Å². The lowest BCUT2D eigenvalue weighted by Gasteiger charge is -2.20. The first-order valence-electron chi connectivity index (χ1n) is 7.54. The Balaban J connectivity index is 1.87. The predicted molar refractivity (Wildman–Crippen MR) is 103 cm³/mol. The molecule has 0 spiro atoms. The van der Waals surface area contributed by atoms with Crippen LogP contribution in [0.25, 0.3) is 0 Å². The lowest BCUT2D eigenvalue weighted by molar-refractivity contribution is 0.0996. The molecule has 0 saturated carbocycles. The summed E-state index contributed by atoms with van der Waals surface area (Å²) in [4.78, 5) is 27.3. The lowest BCUT2D eigenvalue weighted by atomic mass is 10.1. The van der Waals surface area contributed by atoms with E-state index in [1.54, 1.807) is 61.6 Å². The van der Waals surface area contributed by atoms with Crippen LogP contribution in [0.3, 0.4) is 0 Å². The molecule has 0 bridgehead atoms. The standard InChI is InChI=1S/C19H15ClN2O2S/c1-22(19(24)17-10-5-11-25-17)16-9-3-2-8-15(16)18(23)21-14-7-4-6-13(20)12-14/h2-12H,1H3,(H,21,23). The Morgan fingerprint density at radius 3 is 2.56 bits per heavy atom. The van der Waals surface area contributed by atoms with Crippen LogP contribution in [-0.4, -0.2) is 18.9 Å². The van der Waals surface area contributed by atoms with Crippen LogP contribution in [0.1, 0.15) is 20.0 Å². The van der Waals surface area contributed by atoms with E-state index in [2.05, 4.69) is 5.32 Å². The third-order valence-corrected chi connectivity index (χ3v) is 4.72. The fraction of sp³-hybridized carbons (Fsp3) is 0.0526. The Morgan fingerprint density at radius 2 is 1.84 bits per heavy atom. The van der Waals surface area contributed by atoms with Crippen molar-refractivity contribution < 1.29 is 9.59 Å². The molecule has 0 aliphatic rings. The molecule has 0 radical (unpaired) electrons. The van der Waals surface area contributed by atoms with Gasteiger partial charge in [0.15, 0.2) is 0 Å². The highest BCUT2D eigenvalue weighted by atomic mass is 35.5. The zero-order valence-corrected chi connectivity index (χ0v) is 15.0. The van der Waals surface area contributed by atoms with Gasteiger partial charge in [-0.2, -0.15) is 0 Å². The van der Waals surface area contributed by atoms with Gasteiger partial charge >= 0.3 is 0 Å². The number of hydrogen-bond acceptors (Lipinski definition) is 3. The van der Waals surface area contributed by atoms with Crippen molar-refractivity contribution >= 4 is 46.1 Å². The molecule has 1 N–H and O–H groups in total. The van der Waals surface area contributed by atoms with Crippen molar-refractivity contribution in [1.29, 1.82) is 0 Å². The van der Waals surface area contributed by atoms with Crippen molar-refractivity contribution in [2.45, 2.75) is 0 Å². The van der Waals surface area contributed by atoms with Crippen LogP contribution in [0.2, 0.25) is 5.02 Å². The zero-order chi connectivity index (χ0) is 17.8. The molecule has 0 aliphatic heterocycles. The van der Waals surface area contributed by atoms with Crippen molar-refractivity contribution in [1.82, 2.24) is 0 Å². The Kier molecular flexibility index (Phi) is 5.16. The third-order valence-electron chi connectivity index (χ3n) is 3.63. The molecule has 4 nitrogen and oxygen atoms in total. The van der Waals surface area contributed by atoms with Crippen LogP contribution in [0.5, 0.6) is 0 Å². The Labute approximate surface area is 154 Å². The summed E-state index contributed by atoms with van der Waals surface area (Å²) in [5.74, 6) is -0.457. The van der Waals surface area contributed by atoms with Crippen molar-refractivity contribution in [3.05, 3.63) is 81.5 Å². The normalized spacial score (nSPS) is 10.3. The number of carbonyl (C=O) groups excluding carboxylic acids is 2. The summed E-state index contributed by atoms with van der Waals surface area (Å²) in [6, 6.07) is 17.5. The van der Waals surface area contributed by atoms with E-state index >= 15 is 0 Å². The fourth-order valence-corrected chi connectivity index (χ4v) is 3.29. The van der Waals surface area contributed by atoms with Crippen LogP contribution in [-0.2, 0) is 0 Å². The lowest BCUT2D eigenvalue weighted by Crippen LogP contribution is -2.28. The number of benzene rings is 2. The molecule has 3 aromatic rings. The fourth-order valence-electron chi connectivity index (χ4n) is 2.40. The second kappa shape index (κ2) is 7.51. The van der Waals surface area contributed by atoms with Crippen molar-refractivity contribution in [3.8, 4) is 0 Å². The Morgan fingerprint density at radius 1 is 1.04 bits per heavy atom. The van der Waals surface area contributed by atoms with Gasteiger partial charge in [-0.25, -0.2) is 0 Å². The van der Waals surface area contributed by atoms with Gasteiger partial charge in [0.1, 0.15) is 0 Å². The average molecular weight is 371 g/mol. The molecule has 2 aromatic carbocycles. The first-order valence-corrected chi connectivity index (χ1v) is 8.79. The minimum absolute atomic E-state index is 0.155. The monoisotopic (exact) mass is 370 g/mol. The topological polar surface area (TPSA) is 49.4 Å². The molecule has 25 heavy (non-hydrogen) atoms. The third kappa shape index (κ3) is 3.90. The molecule has 1 heterocycles. The average Bonchev–Trinajstić information content (AvgIpc) is 3.15. The molecule has 0 unspecified atom stereocenters. The van der Waals surface area contributed by atoms with Crippen molar-refractivity contribution in [3.63, 3.8) is 0 Å². The van der Waals surface area contributed by atoms with Crippen LogP contribution in [0.4, 0.5) is 11.4 Å². The highest BCUT2D eigenvalue weighted by Gasteiger charge is 2.20. The number of rotatable bonds is 4. The Bertz CT molecular complexity index is 909. The highest BCUT2D eigenvalue weighted by molar-refractivity contribution is 7.12. The van der Waals surface area contributed by atoms with Gasteiger partial charge in [0, 0.05) is 17.8 Å². The van der Waals surface area contributed by atoms with E-state index in [9.17, 15) is 9.59 Å². The van der Waals surface area contributed by atoms with E-state index < -0.39 is 0 Å². The number of halogens is 1. The number of hydrogen-bond donors (Lipinski definition) is 1. The molecule has 0 fully saturated rings. The quantitative estimate of drug-likeness (QED) is 0.707. The largest absolute Gasteiger partial charge is 0.322 e. The molecule has 126 valence electrons. The molecule has 3 rings (SSSR count). The van der Waals surface area contributed by atoms with Gasteiger partial charge in [-0.15, -0.1) is 11.3 Å². The summed E-state index contributed by atoms with van der Waals surface area (Å²) in [6.45, 7) is 0.